The molecule has 4 heteroatoms. The van der Waals surface area contributed by atoms with Gasteiger partial charge in [-0.15, -0.1) is 11.3 Å². The van der Waals surface area contributed by atoms with Crippen LogP contribution in [0, 0.1) is 0 Å². The molecule has 0 aromatic carbocycles. The highest BCUT2D eigenvalue weighted by Gasteiger charge is 2.12. The Bertz CT molecular complexity index is 309. The normalized spacial score (nSPS) is 12.4. The Kier molecular flexibility index (Phi) is 5.49. The zero-order valence-electron chi connectivity index (χ0n) is 9.98. The molecule has 0 spiro atoms. The summed E-state index contributed by atoms with van der Waals surface area (Å²) in [5.74, 6) is 0.202. The number of nitrogens with two attached hydrogens (primary N) is 1. The molecule has 3 nitrogen and oxygen atoms in total. The first-order chi connectivity index (χ1) is 7.63. The Morgan fingerprint density at radius 1 is 1.62 bits per heavy atom. The van der Waals surface area contributed by atoms with E-state index in [1.54, 1.807) is 11.3 Å². The van der Waals surface area contributed by atoms with Gasteiger partial charge in [-0.1, -0.05) is 6.07 Å². The molecule has 1 rings (SSSR count). The first-order valence-electron chi connectivity index (χ1n) is 5.69. The standard InChI is InChI=1S/C12H20N2OS/c1-3-14(9-11-5-4-8-16-11)12(15)7-6-10(2)13/h4-5,8,10H,3,6-7,9,13H2,1-2H3. The van der Waals surface area contributed by atoms with E-state index in [9.17, 15) is 4.79 Å². The quantitative estimate of drug-likeness (QED) is 0.828. The number of amides is 1. The summed E-state index contributed by atoms with van der Waals surface area (Å²) in [4.78, 5) is 15.0. The molecule has 0 aliphatic rings. The maximum absolute atomic E-state index is 11.9. The molecule has 0 bridgehead atoms. The van der Waals surface area contributed by atoms with Gasteiger partial charge < -0.3 is 10.6 Å². The Labute approximate surface area is 101 Å². The van der Waals surface area contributed by atoms with E-state index >= 15 is 0 Å². The maximum Gasteiger partial charge on any atom is 0.222 e. The number of carbonyl (C=O) groups excluding carboxylic acids is 1. The molecular formula is C12H20N2OS. The second kappa shape index (κ2) is 6.66. The Morgan fingerprint density at radius 2 is 2.38 bits per heavy atom. The number of carbonyl (C=O) groups is 1. The Morgan fingerprint density at radius 3 is 2.88 bits per heavy atom. The monoisotopic (exact) mass is 240 g/mol. The lowest BCUT2D eigenvalue weighted by atomic mass is 10.2. The van der Waals surface area contributed by atoms with E-state index in [4.69, 9.17) is 5.73 Å². The molecular weight excluding hydrogens is 220 g/mol. The van der Waals surface area contributed by atoms with Crippen LogP contribution in [-0.4, -0.2) is 23.4 Å². The summed E-state index contributed by atoms with van der Waals surface area (Å²) in [6.45, 7) is 5.43. The van der Waals surface area contributed by atoms with Gasteiger partial charge in [-0.3, -0.25) is 4.79 Å². The second-order valence-electron chi connectivity index (χ2n) is 4.00. The summed E-state index contributed by atoms with van der Waals surface area (Å²) < 4.78 is 0. The lowest BCUT2D eigenvalue weighted by molar-refractivity contribution is -0.131. The van der Waals surface area contributed by atoms with Crippen LogP contribution in [0.15, 0.2) is 17.5 Å². The number of thiophene rings is 1. The summed E-state index contributed by atoms with van der Waals surface area (Å²) in [7, 11) is 0. The van der Waals surface area contributed by atoms with Gasteiger partial charge in [-0.25, -0.2) is 0 Å². The van der Waals surface area contributed by atoms with E-state index in [2.05, 4.69) is 6.07 Å². The summed E-state index contributed by atoms with van der Waals surface area (Å²) >= 11 is 1.69. The lowest BCUT2D eigenvalue weighted by Gasteiger charge is -2.20. The molecule has 1 heterocycles. The van der Waals surface area contributed by atoms with Crippen molar-refractivity contribution >= 4 is 17.2 Å². The minimum atomic E-state index is 0.101. The van der Waals surface area contributed by atoms with Gasteiger partial charge in [-0.05, 0) is 31.7 Å². The first kappa shape index (κ1) is 13.2. The zero-order chi connectivity index (χ0) is 12.0. The number of hydrogen-bond acceptors (Lipinski definition) is 3. The third kappa shape index (κ3) is 4.33. The fourth-order valence-electron chi connectivity index (χ4n) is 1.48. The van der Waals surface area contributed by atoms with Gasteiger partial charge in [0.1, 0.15) is 0 Å². The molecule has 0 saturated heterocycles. The predicted molar refractivity (Wildman–Crippen MR) is 68.3 cm³/mol. The van der Waals surface area contributed by atoms with Crippen LogP contribution in [0.3, 0.4) is 0 Å². The topological polar surface area (TPSA) is 46.3 Å². The number of hydrogen-bond donors (Lipinski definition) is 1. The Balaban J connectivity index is 2.44. The van der Waals surface area contributed by atoms with Crippen molar-refractivity contribution in [3.05, 3.63) is 22.4 Å². The SMILES string of the molecule is CCN(Cc1cccs1)C(=O)CCC(C)N. The van der Waals surface area contributed by atoms with Crippen molar-refractivity contribution in [2.45, 2.75) is 39.3 Å². The van der Waals surface area contributed by atoms with E-state index in [1.165, 1.54) is 4.88 Å². The molecule has 0 fully saturated rings. The lowest BCUT2D eigenvalue weighted by Crippen LogP contribution is -2.31. The van der Waals surface area contributed by atoms with Crippen molar-refractivity contribution in [2.75, 3.05) is 6.54 Å². The molecule has 1 aromatic heterocycles. The summed E-state index contributed by atoms with van der Waals surface area (Å²) in [6.07, 6.45) is 1.32. The molecule has 90 valence electrons. The fourth-order valence-corrected chi connectivity index (χ4v) is 2.20. The molecule has 0 radical (unpaired) electrons. The van der Waals surface area contributed by atoms with Gasteiger partial charge in [0.05, 0.1) is 6.54 Å². The maximum atomic E-state index is 11.9. The van der Waals surface area contributed by atoms with Gasteiger partial charge in [0.2, 0.25) is 5.91 Å². The highest BCUT2D eigenvalue weighted by Crippen LogP contribution is 2.13. The number of rotatable bonds is 6. The van der Waals surface area contributed by atoms with Crippen molar-refractivity contribution in [2.24, 2.45) is 5.73 Å². The van der Waals surface area contributed by atoms with Crippen molar-refractivity contribution in [3.8, 4) is 0 Å². The van der Waals surface area contributed by atoms with Crippen LogP contribution in [0.4, 0.5) is 0 Å². The molecule has 1 unspecified atom stereocenters. The first-order valence-corrected chi connectivity index (χ1v) is 6.57. The van der Waals surface area contributed by atoms with Crippen molar-refractivity contribution in [3.63, 3.8) is 0 Å². The van der Waals surface area contributed by atoms with Gasteiger partial charge in [-0.2, -0.15) is 0 Å². The fraction of sp³-hybridized carbons (Fsp3) is 0.583. The van der Waals surface area contributed by atoms with Crippen LogP contribution in [0.25, 0.3) is 0 Å². The molecule has 16 heavy (non-hydrogen) atoms. The van der Waals surface area contributed by atoms with Gasteiger partial charge >= 0.3 is 0 Å². The molecule has 2 N–H and O–H groups in total. The smallest absolute Gasteiger partial charge is 0.222 e. The van der Waals surface area contributed by atoms with Crippen LogP contribution in [-0.2, 0) is 11.3 Å². The third-order valence-corrected chi connectivity index (χ3v) is 3.34. The zero-order valence-corrected chi connectivity index (χ0v) is 10.8. The summed E-state index contributed by atoms with van der Waals surface area (Å²) in [6, 6.07) is 4.18. The molecule has 0 aliphatic carbocycles. The molecule has 0 saturated carbocycles. The average Bonchev–Trinajstić information content (AvgIpc) is 2.75. The highest BCUT2D eigenvalue weighted by molar-refractivity contribution is 7.09. The second-order valence-corrected chi connectivity index (χ2v) is 5.04. The van der Waals surface area contributed by atoms with Crippen LogP contribution < -0.4 is 5.73 Å². The van der Waals surface area contributed by atoms with Gasteiger partial charge in [0.25, 0.3) is 0 Å². The molecule has 0 aliphatic heterocycles. The van der Waals surface area contributed by atoms with Gasteiger partial charge in [0, 0.05) is 23.9 Å². The third-order valence-electron chi connectivity index (χ3n) is 2.47. The number of nitrogens with zero attached hydrogens (tertiary/aromatic N) is 1. The minimum absolute atomic E-state index is 0.101. The van der Waals surface area contributed by atoms with Crippen molar-refractivity contribution < 1.29 is 4.79 Å². The van der Waals surface area contributed by atoms with Crippen molar-refractivity contribution in [1.82, 2.24) is 4.90 Å². The van der Waals surface area contributed by atoms with E-state index in [-0.39, 0.29) is 11.9 Å². The minimum Gasteiger partial charge on any atom is -0.338 e. The summed E-state index contributed by atoms with van der Waals surface area (Å²) in [5, 5.41) is 2.04. The van der Waals surface area contributed by atoms with Gasteiger partial charge in [0.15, 0.2) is 0 Å². The van der Waals surface area contributed by atoms with Crippen LogP contribution in [0.1, 0.15) is 31.6 Å². The van der Waals surface area contributed by atoms with E-state index in [0.717, 1.165) is 19.5 Å². The van der Waals surface area contributed by atoms with E-state index < -0.39 is 0 Å². The molecule has 1 atom stereocenters. The van der Waals surface area contributed by atoms with Crippen LogP contribution in [0.5, 0.6) is 0 Å². The van der Waals surface area contributed by atoms with Crippen molar-refractivity contribution in [1.29, 1.82) is 0 Å². The predicted octanol–water partition coefficient (Wildman–Crippen LogP) is 2.22. The molecule has 1 aromatic rings. The Hall–Kier alpha value is -0.870. The highest BCUT2D eigenvalue weighted by atomic mass is 32.1. The van der Waals surface area contributed by atoms with E-state index in [0.29, 0.717) is 6.42 Å². The van der Waals surface area contributed by atoms with Crippen LogP contribution >= 0.6 is 11.3 Å². The molecule has 1 amide bonds. The largest absolute Gasteiger partial charge is 0.338 e. The van der Waals surface area contributed by atoms with E-state index in [1.807, 2.05) is 30.2 Å². The average molecular weight is 240 g/mol. The summed E-state index contributed by atoms with van der Waals surface area (Å²) in [5.41, 5.74) is 5.65. The van der Waals surface area contributed by atoms with Crippen LogP contribution in [0.2, 0.25) is 0 Å².